The van der Waals surface area contributed by atoms with E-state index in [1.54, 1.807) is 24.1 Å². The molecule has 0 radical (unpaired) electrons. The fourth-order valence-corrected chi connectivity index (χ4v) is 3.96. The lowest BCUT2D eigenvalue weighted by molar-refractivity contribution is 0.0480. The minimum Gasteiger partial charge on any atom is -0.460 e. The molecule has 4 heterocycles. The Balaban J connectivity index is 1.40. The molecule has 5 rings (SSSR count). The third kappa shape index (κ3) is 4.60. The Hall–Kier alpha value is -4.54. The fraction of sp³-hybridized carbons (Fsp3) is 0.250. The van der Waals surface area contributed by atoms with Gasteiger partial charge in [0.25, 0.3) is 11.7 Å². The molecule has 1 fully saturated rings. The summed E-state index contributed by atoms with van der Waals surface area (Å²) in [6, 6.07) is 11.0. The van der Waals surface area contributed by atoms with Gasteiger partial charge in [-0.25, -0.2) is 14.8 Å². The minimum atomic E-state index is -0.621. The Kier molecular flexibility index (Phi) is 6.20. The zero-order valence-electron chi connectivity index (χ0n) is 18.9. The number of esters is 1. The molecule has 0 spiro atoms. The molecule has 11 heteroatoms. The molecule has 1 atom stereocenters. The van der Waals surface area contributed by atoms with Crippen LogP contribution in [0.2, 0.25) is 0 Å². The number of carbonyl (C=O) groups is 2. The predicted molar refractivity (Wildman–Crippen MR) is 123 cm³/mol. The van der Waals surface area contributed by atoms with Crippen LogP contribution in [-0.4, -0.2) is 62.8 Å². The molecule has 1 amide bonds. The van der Waals surface area contributed by atoms with E-state index < -0.39 is 5.97 Å². The number of amides is 1. The molecule has 178 valence electrons. The van der Waals surface area contributed by atoms with E-state index in [9.17, 15) is 9.59 Å². The fourth-order valence-electron chi connectivity index (χ4n) is 3.96. The number of rotatable bonds is 7. The van der Waals surface area contributed by atoms with Crippen LogP contribution in [0.4, 0.5) is 5.95 Å². The molecule has 35 heavy (non-hydrogen) atoms. The molecule has 0 saturated carbocycles. The Labute approximate surface area is 200 Å². The van der Waals surface area contributed by atoms with Crippen LogP contribution in [0.25, 0.3) is 22.5 Å². The van der Waals surface area contributed by atoms with Gasteiger partial charge in [-0.15, -0.1) is 0 Å². The number of ether oxygens (including phenoxy) is 1. The van der Waals surface area contributed by atoms with Gasteiger partial charge in [-0.05, 0) is 19.4 Å². The Morgan fingerprint density at radius 2 is 2.09 bits per heavy atom. The summed E-state index contributed by atoms with van der Waals surface area (Å²) in [6.07, 6.45) is 5.05. The summed E-state index contributed by atoms with van der Waals surface area (Å²) in [5.74, 6) is -0.422. The van der Waals surface area contributed by atoms with Gasteiger partial charge < -0.3 is 24.0 Å². The summed E-state index contributed by atoms with van der Waals surface area (Å²) in [4.78, 5) is 35.8. The standard InChI is InChI=1S/C24H22N6O5/c1-2-33-23(32)21-19(20(29-35-21)15-6-4-3-5-7-15)18-8-10-25-24(28-18)27-17-9-11-30(13-17)22(31)16-12-26-34-14-16/h3-8,10,12,14,17H,2,9,11,13H2,1H3,(H,25,27,28)/t17-/m1/s1. The number of aromatic nitrogens is 4. The van der Waals surface area contributed by atoms with Crippen molar-refractivity contribution in [2.45, 2.75) is 19.4 Å². The van der Waals surface area contributed by atoms with Crippen LogP contribution >= 0.6 is 0 Å². The summed E-state index contributed by atoms with van der Waals surface area (Å²) < 4.78 is 15.3. The lowest BCUT2D eigenvalue weighted by Crippen LogP contribution is -2.31. The van der Waals surface area contributed by atoms with Crippen LogP contribution in [0.5, 0.6) is 0 Å². The number of nitrogens with zero attached hydrogens (tertiary/aromatic N) is 5. The summed E-state index contributed by atoms with van der Waals surface area (Å²) in [7, 11) is 0. The van der Waals surface area contributed by atoms with Crippen molar-refractivity contribution < 1.29 is 23.4 Å². The largest absolute Gasteiger partial charge is 0.460 e. The molecule has 3 aromatic heterocycles. The quantitative estimate of drug-likeness (QED) is 0.397. The van der Waals surface area contributed by atoms with Crippen molar-refractivity contribution in [3.8, 4) is 22.5 Å². The molecule has 1 aromatic carbocycles. The number of hydrogen-bond acceptors (Lipinski definition) is 10. The Bertz CT molecular complexity index is 1320. The third-order valence-corrected chi connectivity index (χ3v) is 5.60. The van der Waals surface area contributed by atoms with Gasteiger partial charge in [0.1, 0.15) is 12.0 Å². The van der Waals surface area contributed by atoms with Gasteiger partial charge in [-0.1, -0.05) is 40.6 Å². The molecular formula is C24H22N6O5. The van der Waals surface area contributed by atoms with Gasteiger partial charge in [-0.3, -0.25) is 4.79 Å². The summed E-state index contributed by atoms with van der Waals surface area (Å²) in [5.41, 5.74) is 2.55. The highest BCUT2D eigenvalue weighted by atomic mass is 16.6. The maximum atomic E-state index is 12.6. The molecule has 1 aliphatic rings. The van der Waals surface area contributed by atoms with E-state index in [0.717, 1.165) is 12.0 Å². The second kappa shape index (κ2) is 9.75. The summed E-state index contributed by atoms with van der Waals surface area (Å²) in [6.45, 7) is 2.98. The number of carbonyl (C=O) groups excluding carboxylic acids is 2. The van der Waals surface area contributed by atoms with Crippen molar-refractivity contribution in [3.05, 3.63) is 66.4 Å². The van der Waals surface area contributed by atoms with E-state index in [4.69, 9.17) is 13.8 Å². The van der Waals surface area contributed by atoms with Crippen molar-refractivity contribution >= 4 is 17.8 Å². The van der Waals surface area contributed by atoms with E-state index in [2.05, 4.69) is 25.6 Å². The topological polar surface area (TPSA) is 136 Å². The second-order valence-electron chi connectivity index (χ2n) is 7.88. The highest BCUT2D eigenvalue weighted by Crippen LogP contribution is 2.34. The number of anilines is 1. The number of nitrogens with one attached hydrogen (secondary N) is 1. The van der Waals surface area contributed by atoms with E-state index in [1.165, 1.54) is 12.5 Å². The smallest absolute Gasteiger partial charge is 0.377 e. The summed E-state index contributed by atoms with van der Waals surface area (Å²) in [5, 5.41) is 11.0. The maximum absolute atomic E-state index is 12.6. The lowest BCUT2D eigenvalue weighted by Gasteiger charge is -2.16. The first-order valence-corrected chi connectivity index (χ1v) is 11.1. The predicted octanol–water partition coefficient (Wildman–Crippen LogP) is 3.29. The van der Waals surface area contributed by atoms with Crippen molar-refractivity contribution in [2.24, 2.45) is 0 Å². The van der Waals surface area contributed by atoms with Gasteiger partial charge >= 0.3 is 5.97 Å². The molecule has 1 aliphatic heterocycles. The van der Waals surface area contributed by atoms with E-state index in [1.807, 2.05) is 30.3 Å². The lowest BCUT2D eigenvalue weighted by atomic mass is 10.0. The molecule has 1 saturated heterocycles. The van der Waals surface area contributed by atoms with Crippen molar-refractivity contribution in [1.82, 2.24) is 25.2 Å². The van der Waals surface area contributed by atoms with Gasteiger partial charge in [0.15, 0.2) is 0 Å². The maximum Gasteiger partial charge on any atom is 0.377 e. The normalized spacial score (nSPS) is 15.2. The Morgan fingerprint density at radius 1 is 1.23 bits per heavy atom. The number of hydrogen-bond donors (Lipinski definition) is 1. The van der Waals surface area contributed by atoms with Gasteiger partial charge in [0.2, 0.25) is 5.95 Å². The molecule has 11 nitrogen and oxygen atoms in total. The minimum absolute atomic E-state index is 0.0262. The van der Waals surface area contributed by atoms with Crippen molar-refractivity contribution in [2.75, 3.05) is 25.0 Å². The first kappa shape index (κ1) is 22.3. The van der Waals surface area contributed by atoms with Gasteiger partial charge in [-0.2, -0.15) is 0 Å². The Morgan fingerprint density at radius 3 is 2.86 bits per heavy atom. The molecule has 0 aliphatic carbocycles. The second-order valence-corrected chi connectivity index (χ2v) is 7.88. The van der Waals surface area contributed by atoms with Crippen LogP contribution in [0.15, 0.2) is 64.1 Å². The highest BCUT2D eigenvalue weighted by molar-refractivity contribution is 5.98. The van der Waals surface area contributed by atoms with Crippen LogP contribution in [-0.2, 0) is 4.74 Å². The van der Waals surface area contributed by atoms with Crippen LogP contribution < -0.4 is 5.32 Å². The highest BCUT2D eigenvalue weighted by Gasteiger charge is 2.29. The number of benzene rings is 1. The number of likely N-dealkylation sites (tertiary alicyclic amines) is 1. The molecule has 0 bridgehead atoms. The average Bonchev–Trinajstić information content (AvgIpc) is 3.65. The molecule has 4 aromatic rings. The third-order valence-electron chi connectivity index (χ3n) is 5.60. The monoisotopic (exact) mass is 474 g/mol. The zero-order chi connectivity index (χ0) is 24.2. The average molecular weight is 474 g/mol. The molecule has 0 unspecified atom stereocenters. The van der Waals surface area contributed by atoms with E-state index in [-0.39, 0.29) is 24.3 Å². The first-order valence-electron chi connectivity index (χ1n) is 11.1. The van der Waals surface area contributed by atoms with Crippen molar-refractivity contribution in [1.29, 1.82) is 0 Å². The van der Waals surface area contributed by atoms with Crippen molar-refractivity contribution in [3.63, 3.8) is 0 Å². The SMILES string of the molecule is CCOC(=O)c1onc(-c2ccccc2)c1-c1ccnc(N[C@@H]2CCN(C(=O)c3cnoc3)C2)n1. The molecular weight excluding hydrogens is 452 g/mol. The van der Waals surface area contributed by atoms with Crippen LogP contribution in [0.3, 0.4) is 0 Å². The zero-order valence-corrected chi connectivity index (χ0v) is 18.9. The van der Waals surface area contributed by atoms with Gasteiger partial charge in [0.05, 0.1) is 29.6 Å². The van der Waals surface area contributed by atoms with E-state index >= 15 is 0 Å². The van der Waals surface area contributed by atoms with Gasteiger partial charge in [0, 0.05) is 30.9 Å². The van der Waals surface area contributed by atoms with Crippen LogP contribution in [0, 0.1) is 0 Å². The first-order chi connectivity index (χ1) is 17.1. The van der Waals surface area contributed by atoms with Crippen LogP contribution in [0.1, 0.15) is 34.3 Å². The van der Waals surface area contributed by atoms with E-state index in [0.29, 0.717) is 41.6 Å². The molecule has 1 N–H and O–H groups in total. The summed E-state index contributed by atoms with van der Waals surface area (Å²) >= 11 is 0.